The van der Waals surface area contributed by atoms with Crippen molar-refractivity contribution >= 4 is 0 Å². The van der Waals surface area contributed by atoms with Crippen LogP contribution in [-0.4, -0.2) is 61.5 Å². The van der Waals surface area contributed by atoms with E-state index < -0.39 is 0 Å². The van der Waals surface area contributed by atoms with Gasteiger partial charge in [0.15, 0.2) is 0 Å². The van der Waals surface area contributed by atoms with Gasteiger partial charge in [-0.05, 0) is 6.42 Å². The van der Waals surface area contributed by atoms with Gasteiger partial charge >= 0.3 is 0 Å². The van der Waals surface area contributed by atoms with Crippen LogP contribution in [0.5, 0.6) is 0 Å². The second-order valence-corrected chi connectivity index (χ2v) is 3.84. The monoisotopic (exact) mass is 186 g/mol. The number of morpholine rings is 1. The van der Waals surface area contributed by atoms with Crippen LogP contribution in [0.25, 0.3) is 0 Å². The molecule has 4 heteroatoms. The number of hydrogen-bond acceptors (Lipinski definition) is 4. The van der Waals surface area contributed by atoms with E-state index in [4.69, 9.17) is 9.84 Å². The molecular formula is C9H18N2O2. The van der Waals surface area contributed by atoms with Crippen molar-refractivity contribution < 1.29 is 9.84 Å². The minimum absolute atomic E-state index is 0.284. The summed E-state index contributed by atoms with van der Waals surface area (Å²) in [4.78, 5) is 2.47. The zero-order valence-electron chi connectivity index (χ0n) is 7.91. The van der Waals surface area contributed by atoms with Crippen LogP contribution in [0.1, 0.15) is 6.42 Å². The molecule has 2 saturated heterocycles. The Morgan fingerprint density at radius 1 is 1.54 bits per heavy atom. The molecule has 0 aromatic heterocycles. The summed E-state index contributed by atoms with van der Waals surface area (Å²) in [6, 6.07) is 1.03. The largest absolute Gasteiger partial charge is 0.396 e. The summed E-state index contributed by atoms with van der Waals surface area (Å²) in [5, 5.41) is 12.3. The molecule has 0 aliphatic carbocycles. The van der Waals surface area contributed by atoms with E-state index in [-0.39, 0.29) is 6.61 Å². The molecule has 4 nitrogen and oxygen atoms in total. The number of ether oxygens (including phenoxy) is 1. The van der Waals surface area contributed by atoms with E-state index in [2.05, 4.69) is 10.2 Å². The Morgan fingerprint density at radius 3 is 3.31 bits per heavy atom. The lowest BCUT2D eigenvalue weighted by Gasteiger charge is -2.42. The van der Waals surface area contributed by atoms with Gasteiger partial charge in [-0.2, -0.15) is 0 Å². The van der Waals surface area contributed by atoms with Crippen molar-refractivity contribution in [2.45, 2.75) is 18.5 Å². The lowest BCUT2D eigenvalue weighted by atomic mass is 10.1. The maximum atomic E-state index is 8.83. The normalized spacial score (nSPS) is 35.8. The Hall–Kier alpha value is -0.160. The molecular weight excluding hydrogens is 168 g/mol. The molecule has 76 valence electrons. The Bertz CT molecular complexity index is 166. The summed E-state index contributed by atoms with van der Waals surface area (Å²) in [5.74, 6) is 0. The molecule has 0 saturated carbocycles. The van der Waals surface area contributed by atoms with Crippen LogP contribution in [0.2, 0.25) is 0 Å². The molecule has 0 aromatic carbocycles. The maximum Gasteiger partial charge on any atom is 0.0634 e. The van der Waals surface area contributed by atoms with Gasteiger partial charge in [0, 0.05) is 38.3 Å². The van der Waals surface area contributed by atoms with Crippen LogP contribution in [0, 0.1) is 0 Å². The predicted octanol–water partition coefficient (Wildman–Crippen LogP) is -0.959. The third kappa shape index (κ3) is 2.20. The van der Waals surface area contributed by atoms with Crippen molar-refractivity contribution in [2.24, 2.45) is 0 Å². The van der Waals surface area contributed by atoms with Crippen molar-refractivity contribution in [3.8, 4) is 0 Å². The van der Waals surface area contributed by atoms with E-state index in [1.807, 2.05) is 0 Å². The number of hydrogen-bond donors (Lipinski definition) is 2. The first-order chi connectivity index (χ1) is 6.40. The number of piperazine rings is 1. The zero-order valence-corrected chi connectivity index (χ0v) is 7.91. The minimum atomic E-state index is 0.284. The van der Waals surface area contributed by atoms with Gasteiger partial charge in [-0.3, -0.25) is 4.90 Å². The average molecular weight is 186 g/mol. The third-order valence-electron chi connectivity index (χ3n) is 2.92. The van der Waals surface area contributed by atoms with E-state index in [1.165, 1.54) is 0 Å². The number of nitrogens with one attached hydrogen (secondary N) is 1. The van der Waals surface area contributed by atoms with Crippen LogP contribution in [0.3, 0.4) is 0 Å². The zero-order chi connectivity index (χ0) is 9.10. The van der Waals surface area contributed by atoms with E-state index in [9.17, 15) is 0 Å². The first-order valence-corrected chi connectivity index (χ1v) is 5.06. The smallest absolute Gasteiger partial charge is 0.0634 e. The summed E-state index contributed by atoms with van der Waals surface area (Å²) in [6.45, 7) is 5.13. The van der Waals surface area contributed by atoms with Crippen LogP contribution in [0.4, 0.5) is 0 Å². The number of aliphatic hydroxyl groups is 1. The Kier molecular flexibility index (Phi) is 3.16. The van der Waals surface area contributed by atoms with Crippen molar-refractivity contribution in [3.63, 3.8) is 0 Å². The van der Waals surface area contributed by atoms with Gasteiger partial charge in [0.25, 0.3) is 0 Å². The number of rotatable bonds is 2. The van der Waals surface area contributed by atoms with Crippen molar-refractivity contribution in [1.82, 2.24) is 10.2 Å². The SMILES string of the molecule is OCC[C@@H]1CN2CCOCC2CN1. The van der Waals surface area contributed by atoms with Crippen LogP contribution in [0.15, 0.2) is 0 Å². The third-order valence-corrected chi connectivity index (χ3v) is 2.92. The van der Waals surface area contributed by atoms with Crippen molar-refractivity contribution in [2.75, 3.05) is 39.5 Å². The summed E-state index contributed by atoms with van der Waals surface area (Å²) < 4.78 is 5.40. The second kappa shape index (κ2) is 4.37. The van der Waals surface area contributed by atoms with Gasteiger partial charge in [0.2, 0.25) is 0 Å². The van der Waals surface area contributed by atoms with Crippen molar-refractivity contribution in [3.05, 3.63) is 0 Å². The lowest BCUT2D eigenvalue weighted by Crippen LogP contribution is -2.60. The Balaban J connectivity index is 1.84. The van der Waals surface area contributed by atoms with Gasteiger partial charge in [-0.1, -0.05) is 0 Å². The molecule has 0 radical (unpaired) electrons. The molecule has 2 aliphatic heterocycles. The van der Waals surface area contributed by atoms with Gasteiger partial charge in [-0.15, -0.1) is 0 Å². The molecule has 0 bridgehead atoms. The highest BCUT2D eigenvalue weighted by molar-refractivity contribution is 4.87. The fourth-order valence-electron chi connectivity index (χ4n) is 2.12. The van der Waals surface area contributed by atoms with Crippen LogP contribution >= 0.6 is 0 Å². The summed E-state index contributed by atoms with van der Waals surface area (Å²) in [5.41, 5.74) is 0. The van der Waals surface area contributed by atoms with E-state index in [0.717, 1.165) is 39.3 Å². The quantitative estimate of drug-likeness (QED) is 0.583. The fourth-order valence-corrected chi connectivity index (χ4v) is 2.12. The molecule has 0 spiro atoms. The van der Waals surface area contributed by atoms with Gasteiger partial charge in [0.05, 0.1) is 13.2 Å². The van der Waals surface area contributed by atoms with Crippen molar-refractivity contribution in [1.29, 1.82) is 0 Å². The molecule has 2 rings (SSSR count). The van der Waals surface area contributed by atoms with Gasteiger partial charge < -0.3 is 15.2 Å². The minimum Gasteiger partial charge on any atom is -0.396 e. The molecule has 1 unspecified atom stereocenters. The summed E-state index contributed by atoms with van der Waals surface area (Å²) in [7, 11) is 0. The highest BCUT2D eigenvalue weighted by Gasteiger charge is 2.29. The van der Waals surface area contributed by atoms with E-state index in [0.29, 0.717) is 12.1 Å². The Morgan fingerprint density at radius 2 is 2.46 bits per heavy atom. The standard InChI is InChI=1S/C9H18N2O2/c12-3-1-8-6-11-2-4-13-7-9(11)5-10-8/h8-10,12H,1-7H2/t8-,9?/m1/s1. The second-order valence-electron chi connectivity index (χ2n) is 3.84. The number of aliphatic hydroxyl groups excluding tert-OH is 1. The number of fused-ring (bicyclic) bond motifs is 1. The van der Waals surface area contributed by atoms with E-state index in [1.54, 1.807) is 0 Å². The number of nitrogens with zero attached hydrogens (tertiary/aromatic N) is 1. The molecule has 0 aromatic rings. The lowest BCUT2D eigenvalue weighted by molar-refractivity contribution is -0.0277. The van der Waals surface area contributed by atoms with E-state index >= 15 is 0 Å². The molecule has 0 amide bonds. The van der Waals surface area contributed by atoms with Crippen LogP contribution < -0.4 is 5.32 Å². The van der Waals surface area contributed by atoms with Gasteiger partial charge in [0.1, 0.15) is 0 Å². The topological polar surface area (TPSA) is 44.7 Å². The molecule has 13 heavy (non-hydrogen) atoms. The average Bonchev–Trinajstić information content (AvgIpc) is 2.18. The summed E-state index contributed by atoms with van der Waals surface area (Å²) >= 11 is 0. The first-order valence-electron chi connectivity index (χ1n) is 5.06. The molecule has 2 atom stereocenters. The molecule has 2 N–H and O–H groups in total. The molecule has 2 heterocycles. The van der Waals surface area contributed by atoms with Gasteiger partial charge in [-0.25, -0.2) is 0 Å². The summed E-state index contributed by atoms with van der Waals surface area (Å²) in [6.07, 6.45) is 0.865. The highest BCUT2D eigenvalue weighted by Crippen LogP contribution is 2.12. The van der Waals surface area contributed by atoms with Crippen LogP contribution in [-0.2, 0) is 4.74 Å². The Labute approximate surface area is 78.9 Å². The predicted molar refractivity (Wildman–Crippen MR) is 49.7 cm³/mol. The maximum absolute atomic E-state index is 8.83. The molecule has 2 aliphatic rings. The first kappa shape index (κ1) is 9.40. The molecule has 2 fully saturated rings. The fraction of sp³-hybridized carbons (Fsp3) is 1.00. The highest BCUT2D eigenvalue weighted by atomic mass is 16.5.